The van der Waals surface area contributed by atoms with E-state index in [-0.39, 0.29) is 6.04 Å². The topological polar surface area (TPSA) is 39.6 Å². The predicted molar refractivity (Wildman–Crippen MR) is 85.4 cm³/mol. The molecule has 110 valence electrons. The molecule has 2 heterocycles. The summed E-state index contributed by atoms with van der Waals surface area (Å²) in [6.45, 7) is 5.73. The van der Waals surface area contributed by atoms with Gasteiger partial charge in [-0.1, -0.05) is 12.1 Å². The van der Waals surface area contributed by atoms with Gasteiger partial charge in [0.05, 0.1) is 11.4 Å². The van der Waals surface area contributed by atoms with Crippen LogP contribution in [0, 0.1) is 0 Å². The van der Waals surface area contributed by atoms with E-state index in [2.05, 4.69) is 39.9 Å². The van der Waals surface area contributed by atoms with E-state index < -0.39 is 6.23 Å². The molecule has 0 saturated heterocycles. The molecule has 0 fully saturated rings. The number of nitrogens with zero attached hydrogens (tertiary/aromatic N) is 3. The molecule has 2 atom stereocenters. The lowest BCUT2D eigenvalue weighted by Crippen LogP contribution is -2.50. The second-order valence-corrected chi connectivity index (χ2v) is 5.61. The van der Waals surface area contributed by atoms with Gasteiger partial charge in [-0.2, -0.15) is 0 Å². The van der Waals surface area contributed by atoms with Crippen molar-refractivity contribution in [2.45, 2.75) is 32.7 Å². The van der Waals surface area contributed by atoms with Crippen molar-refractivity contribution in [1.29, 1.82) is 0 Å². The van der Waals surface area contributed by atoms with E-state index in [1.54, 1.807) is 0 Å². The van der Waals surface area contributed by atoms with Crippen LogP contribution in [0.4, 0.5) is 11.4 Å². The maximum absolute atomic E-state index is 10.1. The normalized spacial score (nSPS) is 19.3. The zero-order valence-corrected chi connectivity index (χ0v) is 12.5. The van der Waals surface area contributed by atoms with Gasteiger partial charge in [-0.05, 0) is 43.7 Å². The van der Waals surface area contributed by atoms with Gasteiger partial charge >= 0.3 is 0 Å². The number of aliphatic hydroxyl groups excluding tert-OH is 1. The van der Waals surface area contributed by atoms with Gasteiger partial charge in [0.25, 0.3) is 0 Å². The van der Waals surface area contributed by atoms with Crippen LogP contribution in [0.2, 0.25) is 0 Å². The molecule has 3 rings (SSSR count). The van der Waals surface area contributed by atoms with Crippen LogP contribution >= 0.6 is 0 Å². The number of benzene rings is 1. The number of aliphatic hydroxyl groups is 1. The van der Waals surface area contributed by atoms with Crippen LogP contribution < -0.4 is 9.80 Å². The first kappa shape index (κ1) is 13.9. The van der Waals surface area contributed by atoms with Crippen molar-refractivity contribution in [3.05, 3.63) is 54.4 Å². The summed E-state index contributed by atoms with van der Waals surface area (Å²) in [4.78, 5) is 8.52. The zero-order valence-electron chi connectivity index (χ0n) is 12.5. The van der Waals surface area contributed by atoms with Gasteiger partial charge in [-0.15, -0.1) is 0 Å². The summed E-state index contributed by atoms with van der Waals surface area (Å²) < 4.78 is 0. The van der Waals surface area contributed by atoms with Gasteiger partial charge in [0.1, 0.15) is 6.23 Å². The van der Waals surface area contributed by atoms with E-state index >= 15 is 0 Å². The molecule has 1 aromatic heterocycles. The van der Waals surface area contributed by atoms with Crippen molar-refractivity contribution >= 4 is 11.4 Å². The standard InChI is InChI=1S/C17H21N3O/c1-13-11-19(12-15-7-9-18-10-8-15)16-5-3-4-6-17(16)20(13)14(2)21/h3-10,13-14,21H,11-12H2,1-2H3/t13-,14?/m0/s1. The third kappa shape index (κ3) is 2.72. The number of hydrogen-bond donors (Lipinski definition) is 1. The predicted octanol–water partition coefficient (Wildman–Crippen LogP) is 2.64. The summed E-state index contributed by atoms with van der Waals surface area (Å²) in [5.41, 5.74) is 3.52. The van der Waals surface area contributed by atoms with Crippen molar-refractivity contribution in [2.75, 3.05) is 16.3 Å². The molecule has 1 N–H and O–H groups in total. The Hall–Kier alpha value is -2.07. The molecule has 0 spiro atoms. The van der Waals surface area contributed by atoms with Crippen LogP contribution in [-0.4, -0.2) is 28.9 Å². The second-order valence-electron chi connectivity index (χ2n) is 5.61. The molecule has 21 heavy (non-hydrogen) atoms. The third-order valence-corrected chi connectivity index (χ3v) is 3.99. The third-order valence-electron chi connectivity index (χ3n) is 3.99. The first-order valence-electron chi connectivity index (χ1n) is 7.36. The van der Waals surface area contributed by atoms with Crippen molar-refractivity contribution < 1.29 is 5.11 Å². The fourth-order valence-electron chi connectivity index (χ4n) is 3.12. The average Bonchev–Trinajstić information content (AvgIpc) is 2.48. The summed E-state index contributed by atoms with van der Waals surface area (Å²) in [7, 11) is 0. The zero-order chi connectivity index (χ0) is 14.8. The van der Waals surface area contributed by atoms with Crippen LogP contribution in [0.25, 0.3) is 0 Å². The highest BCUT2D eigenvalue weighted by atomic mass is 16.3. The van der Waals surface area contributed by atoms with Gasteiger partial charge < -0.3 is 14.9 Å². The lowest BCUT2D eigenvalue weighted by atomic mass is 10.1. The van der Waals surface area contributed by atoms with E-state index in [9.17, 15) is 5.11 Å². The van der Waals surface area contributed by atoms with Crippen molar-refractivity contribution in [2.24, 2.45) is 0 Å². The number of fused-ring (bicyclic) bond motifs is 1. The van der Waals surface area contributed by atoms with Crippen LogP contribution in [0.1, 0.15) is 19.4 Å². The monoisotopic (exact) mass is 283 g/mol. The Morgan fingerprint density at radius 1 is 1.19 bits per heavy atom. The maximum atomic E-state index is 10.1. The van der Waals surface area contributed by atoms with Crippen LogP contribution in [0.3, 0.4) is 0 Å². The molecular formula is C17H21N3O. The summed E-state index contributed by atoms with van der Waals surface area (Å²) >= 11 is 0. The molecule has 1 aliphatic heterocycles. The summed E-state index contributed by atoms with van der Waals surface area (Å²) in [5.74, 6) is 0. The molecule has 0 radical (unpaired) electrons. The Balaban J connectivity index is 1.94. The fourth-order valence-corrected chi connectivity index (χ4v) is 3.12. The van der Waals surface area contributed by atoms with Gasteiger partial charge in [0.15, 0.2) is 0 Å². The minimum atomic E-state index is -0.482. The Morgan fingerprint density at radius 2 is 1.86 bits per heavy atom. The second kappa shape index (κ2) is 5.74. The Kier molecular flexibility index (Phi) is 3.80. The van der Waals surface area contributed by atoms with Gasteiger partial charge in [-0.25, -0.2) is 0 Å². The van der Waals surface area contributed by atoms with E-state index in [1.807, 2.05) is 37.5 Å². The Labute approximate surface area is 125 Å². The van der Waals surface area contributed by atoms with Crippen molar-refractivity contribution in [1.82, 2.24) is 4.98 Å². The minimum Gasteiger partial charge on any atom is -0.374 e. The first-order chi connectivity index (χ1) is 10.2. The first-order valence-corrected chi connectivity index (χ1v) is 7.36. The number of pyridine rings is 1. The SMILES string of the molecule is CC(O)N1c2ccccc2N(Cc2ccncc2)C[C@@H]1C. The van der Waals surface area contributed by atoms with E-state index in [4.69, 9.17) is 0 Å². The molecule has 0 bridgehead atoms. The highest BCUT2D eigenvalue weighted by Gasteiger charge is 2.29. The molecule has 0 saturated carbocycles. The van der Waals surface area contributed by atoms with Crippen LogP contribution in [-0.2, 0) is 6.54 Å². The fraction of sp³-hybridized carbons (Fsp3) is 0.353. The average molecular weight is 283 g/mol. The maximum Gasteiger partial charge on any atom is 0.124 e. The molecule has 0 aliphatic carbocycles. The highest BCUT2D eigenvalue weighted by Crippen LogP contribution is 2.36. The molecule has 2 aromatic rings. The summed E-state index contributed by atoms with van der Waals surface area (Å²) in [6.07, 6.45) is 3.18. The van der Waals surface area contributed by atoms with E-state index in [0.717, 1.165) is 18.8 Å². The molecule has 4 heteroatoms. The quantitative estimate of drug-likeness (QED) is 0.940. The number of para-hydroxylation sites is 2. The summed E-state index contributed by atoms with van der Waals surface area (Å²) in [5, 5.41) is 10.1. The largest absolute Gasteiger partial charge is 0.374 e. The van der Waals surface area contributed by atoms with Gasteiger partial charge in [0.2, 0.25) is 0 Å². The Morgan fingerprint density at radius 3 is 2.52 bits per heavy atom. The molecule has 1 aliphatic rings. The lowest BCUT2D eigenvalue weighted by molar-refractivity contribution is 0.177. The van der Waals surface area contributed by atoms with Crippen LogP contribution in [0.5, 0.6) is 0 Å². The number of hydrogen-bond acceptors (Lipinski definition) is 4. The van der Waals surface area contributed by atoms with Crippen molar-refractivity contribution in [3.63, 3.8) is 0 Å². The molecular weight excluding hydrogens is 262 g/mol. The molecule has 1 aromatic carbocycles. The summed E-state index contributed by atoms with van der Waals surface area (Å²) in [6, 6.07) is 12.6. The van der Waals surface area contributed by atoms with Gasteiger partial charge in [0, 0.05) is 31.5 Å². The molecule has 1 unspecified atom stereocenters. The lowest BCUT2D eigenvalue weighted by Gasteiger charge is -2.44. The molecule has 4 nitrogen and oxygen atoms in total. The highest BCUT2D eigenvalue weighted by molar-refractivity contribution is 5.74. The number of anilines is 2. The van der Waals surface area contributed by atoms with Crippen molar-refractivity contribution in [3.8, 4) is 0 Å². The smallest absolute Gasteiger partial charge is 0.124 e. The van der Waals surface area contributed by atoms with E-state index in [0.29, 0.717) is 0 Å². The number of aromatic nitrogens is 1. The Bertz CT molecular complexity index is 600. The van der Waals surface area contributed by atoms with Gasteiger partial charge in [-0.3, -0.25) is 4.98 Å². The number of rotatable bonds is 3. The molecule has 0 amide bonds. The van der Waals surface area contributed by atoms with Crippen LogP contribution in [0.15, 0.2) is 48.8 Å². The minimum absolute atomic E-state index is 0.265. The van der Waals surface area contributed by atoms with E-state index in [1.165, 1.54) is 11.3 Å².